The maximum atomic E-state index is 5.59. The van der Waals surface area contributed by atoms with Gasteiger partial charge in [-0.05, 0) is 19.4 Å². The van der Waals surface area contributed by atoms with E-state index in [0.29, 0.717) is 6.61 Å². The highest BCUT2D eigenvalue weighted by molar-refractivity contribution is 7.09. The molecule has 0 amide bonds. The van der Waals surface area contributed by atoms with Gasteiger partial charge in [0.25, 0.3) is 0 Å². The monoisotopic (exact) mass is 226 g/mol. The molecular formula is C11H18N2OS. The molecule has 0 aromatic carbocycles. The summed E-state index contributed by atoms with van der Waals surface area (Å²) >= 11 is 1.70. The van der Waals surface area contributed by atoms with Crippen LogP contribution < -0.4 is 5.32 Å². The van der Waals surface area contributed by atoms with E-state index < -0.39 is 0 Å². The molecule has 1 heterocycles. The predicted molar refractivity (Wildman–Crippen MR) is 61.9 cm³/mol. The summed E-state index contributed by atoms with van der Waals surface area (Å²) < 4.78 is 5.59. The van der Waals surface area contributed by atoms with Gasteiger partial charge < -0.3 is 10.1 Å². The van der Waals surface area contributed by atoms with Gasteiger partial charge in [-0.15, -0.1) is 11.3 Å². The van der Waals surface area contributed by atoms with Gasteiger partial charge in [0.15, 0.2) is 0 Å². The molecule has 1 aliphatic rings. The Morgan fingerprint density at radius 3 is 3.20 bits per heavy atom. The van der Waals surface area contributed by atoms with E-state index >= 15 is 0 Å². The maximum absolute atomic E-state index is 5.59. The molecule has 4 heteroatoms. The topological polar surface area (TPSA) is 34.2 Å². The van der Waals surface area contributed by atoms with Crippen LogP contribution in [-0.4, -0.2) is 18.6 Å². The van der Waals surface area contributed by atoms with Crippen LogP contribution in [0.3, 0.4) is 0 Å². The summed E-state index contributed by atoms with van der Waals surface area (Å²) in [5.41, 5.74) is 1.07. The third-order valence-electron chi connectivity index (χ3n) is 2.54. The van der Waals surface area contributed by atoms with Crippen LogP contribution in [0.25, 0.3) is 0 Å². The van der Waals surface area contributed by atoms with Crippen molar-refractivity contribution < 1.29 is 4.74 Å². The summed E-state index contributed by atoms with van der Waals surface area (Å²) in [4.78, 5) is 4.46. The first-order chi connectivity index (χ1) is 7.38. The van der Waals surface area contributed by atoms with Crippen molar-refractivity contribution in [2.24, 2.45) is 5.92 Å². The molecule has 0 aliphatic heterocycles. The quantitative estimate of drug-likeness (QED) is 0.724. The fraction of sp³-hybridized carbons (Fsp3) is 0.727. The fourth-order valence-corrected chi connectivity index (χ4v) is 2.27. The van der Waals surface area contributed by atoms with Crippen LogP contribution in [0.2, 0.25) is 0 Å². The van der Waals surface area contributed by atoms with Gasteiger partial charge in [-0.3, -0.25) is 0 Å². The minimum absolute atomic E-state index is 0.674. The second-order valence-corrected chi connectivity index (χ2v) is 4.99. The zero-order valence-corrected chi connectivity index (χ0v) is 9.98. The second kappa shape index (κ2) is 5.58. The van der Waals surface area contributed by atoms with Crippen LogP contribution in [-0.2, 0) is 17.9 Å². The lowest BCUT2D eigenvalue weighted by atomic mass is 10.3. The predicted octanol–water partition coefficient (Wildman–Crippen LogP) is 2.18. The molecule has 1 aromatic heterocycles. The minimum atomic E-state index is 0.674. The van der Waals surface area contributed by atoms with Gasteiger partial charge in [0.1, 0.15) is 5.01 Å². The first-order valence-corrected chi connectivity index (χ1v) is 6.42. The molecule has 1 aliphatic carbocycles. The van der Waals surface area contributed by atoms with Crippen molar-refractivity contribution in [2.45, 2.75) is 32.4 Å². The number of hydrogen-bond donors (Lipinski definition) is 1. The van der Waals surface area contributed by atoms with Crippen molar-refractivity contribution in [1.29, 1.82) is 0 Å². The van der Waals surface area contributed by atoms with Gasteiger partial charge in [-0.2, -0.15) is 0 Å². The lowest BCUT2D eigenvalue weighted by molar-refractivity contribution is 0.113. The van der Waals surface area contributed by atoms with Crippen LogP contribution >= 0.6 is 11.3 Å². The van der Waals surface area contributed by atoms with Crippen molar-refractivity contribution in [3.63, 3.8) is 0 Å². The largest absolute Gasteiger partial charge is 0.375 e. The smallest absolute Gasteiger partial charge is 0.107 e. The maximum Gasteiger partial charge on any atom is 0.107 e. The minimum Gasteiger partial charge on any atom is -0.375 e. The standard InChI is InChI=1S/C11H18N2OS/c1-12-6-11-13-10(8-15-11)7-14-5-4-9-2-3-9/h8-9,12H,2-7H2,1H3. The van der Waals surface area contributed by atoms with E-state index in [1.807, 2.05) is 7.05 Å². The third kappa shape index (κ3) is 3.89. The molecule has 0 bridgehead atoms. The van der Waals surface area contributed by atoms with Crippen LogP contribution in [0.15, 0.2) is 5.38 Å². The summed E-state index contributed by atoms with van der Waals surface area (Å²) in [6.07, 6.45) is 4.05. The van der Waals surface area contributed by atoms with E-state index in [1.165, 1.54) is 19.3 Å². The number of nitrogens with one attached hydrogen (secondary N) is 1. The molecular weight excluding hydrogens is 208 g/mol. The van der Waals surface area contributed by atoms with Gasteiger partial charge in [0, 0.05) is 18.5 Å². The van der Waals surface area contributed by atoms with Gasteiger partial charge in [0.2, 0.25) is 0 Å². The molecule has 0 spiro atoms. The highest BCUT2D eigenvalue weighted by Crippen LogP contribution is 2.32. The Morgan fingerprint density at radius 2 is 2.47 bits per heavy atom. The molecule has 1 aromatic rings. The van der Waals surface area contributed by atoms with Crippen LogP contribution in [0.5, 0.6) is 0 Å². The number of rotatable bonds is 7. The van der Waals surface area contributed by atoms with Crippen LogP contribution in [0, 0.1) is 5.92 Å². The van der Waals surface area contributed by atoms with E-state index in [0.717, 1.165) is 29.8 Å². The Labute approximate surface area is 94.9 Å². The van der Waals surface area contributed by atoms with E-state index in [2.05, 4.69) is 15.7 Å². The average Bonchev–Trinajstić information content (AvgIpc) is 2.95. The molecule has 3 nitrogen and oxygen atoms in total. The number of aromatic nitrogens is 1. The second-order valence-electron chi connectivity index (χ2n) is 4.05. The number of thiazole rings is 1. The Bertz CT molecular complexity index is 297. The highest BCUT2D eigenvalue weighted by Gasteiger charge is 2.20. The van der Waals surface area contributed by atoms with E-state index in [4.69, 9.17) is 4.74 Å². The van der Waals surface area contributed by atoms with Gasteiger partial charge in [-0.25, -0.2) is 4.98 Å². The Kier molecular flexibility index (Phi) is 4.11. The lowest BCUT2D eigenvalue weighted by Crippen LogP contribution is -2.04. The van der Waals surface area contributed by atoms with Crippen molar-refractivity contribution in [3.8, 4) is 0 Å². The van der Waals surface area contributed by atoms with E-state index in [1.54, 1.807) is 11.3 Å². The third-order valence-corrected chi connectivity index (χ3v) is 3.44. The Balaban J connectivity index is 1.63. The molecule has 0 radical (unpaired) electrons. The molecule has 1 N–H and O–H groups in total. The average molecular weight is 226 g/mol. The molecule has 2 rings (SSSR count). The van der Waals surface area contributed by atoms with Crippen molar-refractivity contribution >= 4 is 11.3 Å². The zero-order chi connectivity index (χ0) is 10.5. The first kappa shape index (κ1) is 11.0. The molecule has 1 saturated carbocycles. The van der Waals surface area contributed by atoms with Crippen molar-refractivity contribution in [1.82, 2.24) is 10.3 Å². The Hall–Kier alpha value is -0.450. The summed E-state index contributed by atoms with van der Waals surface area (Å²) in [5.74, 6) is 0.959. The zero-order valence-electron chi connectivity index (χ0n) is 9.16. The fourth-order valence-electron chi connectivity index (χ4n) is 1.48. The van der Waals surface area contributed by atoms with E-state index in [9.17, 15) is 0 Å². The van der Waals surface area contributed by atoms with Crippen LogP contribution in [0.4, 0.5) is 0 Å². The molecule has 0 unspecified atom stereocenters. The van der Waals surface area contributed by atoms with Gasteiger partial charge >= 0.3 is 0 Å². The van der Waals surface area contributed by atoms with Crippen molar-refractivity contribution in [3.05, 3.63) is 16.1 Å². The summed E-state index contributed by atoms with van der Waals surface area (Å²) in [7, 11) is 1.94. The molecule has 84 valence electrons. The summed E-state index contributed by atoms with van der Waals surface area (Å²) in [5, 5.41) is 6.32. The summed E-state index contributed by atoms with van der Waals surface area (Å²) in [6, 6.07) is 0. The molecule has 1 fully saturated rings. The van der Waals surface area contributed by atoms with Crippen molar-refractivity contribution in [2.75, 3.05) is 13.7 Å². The Morgan fingerprint density at radius 1 is 1.60 bits per heavy atom. The number of ether oxygens (including phenoxy) is 1. The number of hydrogen-bond acceptors (Lipinski definition) is 4. The SMILES string of the molecule is CNCc1nc(COCCC2CC2)cs1. The molecule has 0 atom stereocenters. The lowest BCUT2D eigenvalue weighted by Gasteiger charge is -2.00. The summed E-state index contributed by atoms with van der Waals surface area (Å²) in [6.45, 7) is 2.42. The first-order valence-electron chi connectivity index (χ1n) is 5.54. The van der Waals surface area contributed by atoms with E-state index in [-0.39, 0.29) is 0 Å². The normalized spacial score (nSPS) is 15.8. The molecule has 15 heavy (non-hydrogen) atoms. The molecule has 0 saturated heterocycles. The number of nitrogens with zero attached hydrogens (tertiary/aromatic N) is 1. The van der Waals surface area contributed by atoms with Gasteiger partial charge in [0.05, 0.1) is 12.3 Å². The van der Waals surface area contributed by atoms with Gasteiger partial charge in [-0.1, -0.05) is 12.8 Å². The highest BCUT2D eigenvalue weighted by atomic mass is 32.1. The van der Waals surface area contributed by atoms with Crippen LogP contribution in [0.1, 0.15) is 30.0 Å².